The Kier molecular flexibility index (Phi) is 3.20. The van der Waals surface area contributed by atoms with E-state index in [1.54, 1.807) is 0 Å². The van der Waals surface area contributed by atoms with E-state index in [0.29, 0.717) is 5.92 Å². The molecule has 3 saturated carbocycles. The van der Waals surface area contributed by atoms with Gasteiger partial charge in [0.1, 0.15) is 0 Å². The zero-order valence-electron chi connectivity index (χ0n) is 11.4. The molecule has 0 aromatic heterocycles. The SMILES string of the molecule is CC(C)[C@@H]1C[C@H]2[C@H](C)C[C@@H]1C[C@H]2C1OCCO1. The molecule has 0 spiro atoms. The van der Waals surface area contributed by atoms with E-state index >= 15 is 0 Å². The molecule has 2 nitrogen and oxygen atoms in total. The maximum absolute atomic E-state index is 5.77. The summed E-state index contributed by atoms with van der Waals surface area (Å²) >= 11 is 0. The summed E-state index contributed by atoms with van der Waals surface area (Å²) < 4.78 is 11.5. The second-order valence-corrected chi connectivity index (χ2v) is 6.79. The third-order valence-corrected chi connectivity index (χ3v) is 5.53. The lowest BCUT2D eigenvalue weighted by Crippen LogP contribution is -2.48. The minimum Gasteiger partial charge on any atom is -0.350 e. The van der Waals surface area contributed by atoms with Crippen molar-refractivity contribution in [3.8, 4) is 0 Å². The maximum Gasteiger partial charge on any atom is 0.160 e. The highest BCUT2D eigenvalue weighted by Crippen LogP contribution is 2.54. The van der Waals surface area contributed by atoms with Gasteiger partial charge in [-0.1, -0.05) is 20.8 Å². The predicted octanol–water partition coefficient (Wildman–Crippen LogP) is 3.31. The third-order valence-electron chi connectivity index (χ3n) is 5.53. The van der Waals surface area contributed by atoms with E-state index in [1.807, 2.05) is 0 Å². The van der Waals surface area contributed by atoms with Gasteiger partial charge >= 0.3 is 0 Å². The van der Waals surface area contributed by atoms with Crippen molar-refractivity contribution in [3.63, 3.8) is 0 Å². The van der Waals surface area contributed by atoms with Crippen LogP contribution in [0.5, 0.6) is 0 Å². The molecule has 1 saturated heterocycles. The van der Waals surface area contributed by atoms with Gasteiger partial charge in [0.25, 0.3) is 0 Å². The van der Waals surface area contributed by atoms with Crippen LogP contribution in [0.3, 0.4) is 0 Å². The van der Waals surface area contributed by atoms with Gasteiger partial charge in [0.2, 0.25) is 0 Å². The summed E-state index contributed by atoms with van der Waals surface area (Å²) in [4.78, 5) is 0. The Balaban J connectivity index is 1.74. The van der Waals surface area contributed by atoms with Crippen molar-refractivity contribution >= 4 is 0 Å². The molecule has 0 aromatic rings. The smallest absolute Gasteiger partial charge is 0.160 e. The summed E-state index contributed by atoms with van der Waals surface area (Å²) in [7, 11) is 0. The van der Waals surface area contributed by atoms with E-state index in [9.17, 15) is 0 Å². The van der Waals surface area contributed by atoms with Crippen molar-refractivity contribution in [1.82, 2.24) is 0 Å². The van der Waals surface area contributed by atoms with Crippen molar-refractivity contribution in [2.75, 3.05) is 13.2 Å². The van der Waals surface area contributed by atoms with Crippen LogP contribution in [0.25, 0.3) is 0 Å². The number of hydrogen-bond acceptors (Lipinski definition) is 2. The zero-order chi connectivity index (χ0) is 12.0. The van der Waals surface area contributed by atoms with Gasteiger partial charge in [-0.25, -0.2) is 0 Å². The van der Waals surface area contributed by atoms with Crippen LogP contribution in [0.4, 0.5) is 0 Å². The summed E-state index contributed by atoms with van der Waals surface area (Å²) in [6.07, 6.45) is 4.33. The normalized spacial score (nSPS) is 46.9. The molecular weight excluding hydrogens is 212 g/mol. The first-order chi connectivity index (χ1) is 8.16. The largest absolute Gasteiger partial charge is 0.350 e. The van der Waals surface area contributed by atoms with E-state index in [0.717, 1.165) is 42.8 Å². The number of hydrogen-bond donors (Lipinski definition) is 0. The Labute approximate surface area is 105 Å². The molecule has 0 aromatic carbocycles. The standard InChI is InChI=1S/C15H26O2/c1-9(2)12-8-13-10(3)6-11(12)7-14(13)15-16-4-5-17-15/h9-15H,4-8H2,1-3H3/t10-,11-,12+,13+,14-/m1/s1. The third kappa shape index (κ3) is 2.04. The minimum absolute atomic E-state index is 0.123. The van der Waals surface area contributed by atoms with E-state index in [2.05, 4.69) is 20.8 Å². The number of ether oxygens (including phenoxy) is 2. The second kappa shape index (κ2) is 4.55. The van der Waals surface area contributed by atoms with Gasteiger partial charge in [0, 0.05) is 5.92 Å². The molecule has 1 aliphatic heterocycles. The Hall–Kier alpha value is -0.0800. The molecule has 0 radical (unpaired) electrons. The zero-order valence-corrected chi connectivity index (χ0v) is 11.4. The van der Waals surface area contributed by atoms with E-state index in [1.165, 1.54) is 19.3 Å². The molecule has 0 unspecified atom stereocenters. The highest BCUT2D eigenvalue weighted by molar-refractivity contribution is 4.96. The van der Waals surface area contributed by atoms with Crippen molar-refractivity contribution in [1.29, 1.82) is 0 Å². The quantitative estimate of drug-likeness (QED) is 0.735. The molecule has 4 fully saturated rings. The average molecular weight is 238 g/mol. The Morgan fingerprint density at radius 2 is 1.65 bits per heavy atom. The fourth-order valence-corrected chi connectivity index (χ4v) is 4.71. The molecule has 98 valence electrons. The summed E-state index contributed by atoms with van der Waals surface area (Å²) in [5.74, 6) is 5.13. The monoisotopic (exact) mass is 238 g/mol. The molecule has 0 N–H and O–H groups in total. The van der Waals surface area contributed by atoms with Crippen molar-refractivity contribution in [2.45, 2.75) is 46.3 Å². The highest BCUT2D eigenvalue weighted by Gasteiger charge is 2.49. The van der Waals surface area contributed by atoms with E-state index < -0.39 is 0 Å². The lowest BCUT2D eigenvalue weighted by Gasteiger charge is -2.53. The fraction of sp³-hybridized carbons (Fsp3) is 1.00. The van der Waals surface area contributed by atoms with Crippen LogP contribution in [0.1, 0.15) is 40.0 Å². The van der Waals surface area contributed by atoms with Gasteiger partial charge in [-0.3, -0.25) is 0 Å². The molecule has 4 aliphatic rings. The van der Waals surface area contributed by atoms with Gasteiger partial charge in [-0.05, 0) is 48.9 Å². The molecule has 5 atom stereocenters. The minimum atomic E-state index is 0.123. The molecule has 3 aliphatic carbocycles. The molecule has 0 amide bonds. The van der Waals surface area contributed by atoms with Gasteiger partial charge in [-0.15, -0.1) is 0 Å². The Bertz CT molecular complexity index is 270. The molecule has 17 heavy (non-hydrogen) atoms. The lowest BCUT2D eigenvalue weighted by molar-refractivity contribution is -0.153. The van der Waals surface area contributed by atoms with E-state index in [-0.39, 0.29) is 6.29 Å². The maximum atomic E-state index is 5.77. The van der Waals surface area contributed by atoms with Gasteiger partial charge in [0.15, 0.2) is 6.29 Å². The van der Waals surface area contributed by atoms with Crippen LogP contribution in [-0.4, -0.2) is 19.5 Å². The molecule has 2 heteroatoms. The lowest BCUT2D eigenvalue weighted by atomic mass is 9.54. The first-order valence-electron chi connectivity index (χ1n) is 7.40. The fourth-order valence-electron chi connectivity index (χ4n) is 4.71. The summed E-state index contributed by atoms with van der Waals surface area (Å²) in [6, 6.07) is 0. The Morgan fingerprint density at radius 3 is 2.24 bits per heavy atom. The van der Waals surface area contributed by atoms with Crippen molar-refractivity contribution in [2.24, 2.45) is 35.5 Å². The second-order valence-electron chi connectivity index (χ2n) is 6.79. The molecule has 2 bridgehead atoms. The van der Waals surface area contributed by atoms with Crippen LogP contribution in [-0.2, 0) is 9.47 Å². The van der Waals surface area contributed by atoms with E-state index in [4.69, 9.17) is 9.47 Å². The van der Waals surface area contributed by atoms with Gasteiger partial charge in [0.05, 0.1) is 13.2 Å². The number of rotatable bonds is 2. The van der Waals surface area contributed by atoms with Crippen molar-refractivity contribution in [3.05, 3.63) is 0 Å². The van der Waals surface area contributed by atoms with Gasteiger partial charge in [-0.2, -0.15) is 0 Å². The topological polar surface area (TPSA) is 18.5 Å². The average Bonchev–Trinajstić information content (AvgIpc) is 2.81. The number of fused-ring (bicyclic) bond motifs is 3. The predicted molar refractivity (Wildman–Crippen MR) is 67.5 cm³/mol. The summed E-state index contributed by atoms with van der Waals surface area (Å²) in [6.45, 7) is 8.84. The summed E-state index contributed by atoms with van der Waals surface area (Å²) in [5.41, 5.74) is 0. The van der Waals surface area contributed by atoms with Crippen molar-refractivity contribution < 1.29 is 9.47 Å². The first-order valence-corrected chi connectivity index (χ1v) is 7.40. The Morgan fingerprint density at radius 1 is 0.941 bits per heavy atom. The van der Waals surface area contributed by atoms with Crippen LogP contribution < -0.4 is 0 Å². The van der Waals surface area contributed by atoms with Crippen LogP contribution in [0.15, 0.2) is 0 Å². The summed E-state index contributed by atoms with van der Waals surface area (Å²) in [5, 5.41) is 0. The molecule has 1 heterocycles. The van der Waals surface area contributed by atoms with Crippen LogP contribution >= 0.6 is 0 Å². The highest BCUT2D eigenvalue weighted by atomic mass is 16.7. The first kappa shape index (κ1) is 12.0. The van der Waals surface area contributed by atoms with Crippen LogP contribution in [0, 0.1) is 35.5 Å². The van der Waals surface area contributed by atoms with Crippen LogP contribution in [0.2, 0.25) is 0 Å². The molecular formula is C15H26O2. The molecule has 4 rings (SSSR count). The van der Waals surface area contributed by atoms with Gasteiger partial charge < -0.3 is 9.47 Å².